The summed E-state index contributed by atoms with van der Waals surface area (Å²) in [5.41, 5.74) is 10.2. The van der Waals surface area contributed by atoms with Crippen LogP contribution in [-0.2, 0) is 5.41 Å². The number of aromatic nitrogens is 4. The van der Waals surface area contributed by atoms with E-state index in [2.05, 4.69) is 50.2 Å². The summed E-state index contributed by atoms with van der Waals surface area (Å²) < 4.78 is 6.10. The molecule has 0 N–H and O–H groups in total. The summed E-state index contributed by atoms with van der Waals surface area (Å²) >= 11 is 0. The molecule has 1 aliphatic rings. The molecule has 8 rings (SSSR count). The number of benzene rings is 5. The van der Waals surface area contributed by atoms with Crippen LogP contribution in [0.15, 0.2) is 126 Å². The predicted molar refractivity (Wildman–Crippen MR) is 167 cm³/mol. The van der Waals surface area contributed by atoms with Crippen molar-refractivity contribution in [1.29, 1.82) is 0 Å². The van der Waals surface area contributed by atoms with E-state index < -0.39 is 0 Å². The van der Waals surface area contributed by atoms with Gasteiger partial charge in [-0.15, -0.1) is 0 Å². The lowest BCUT2D eigenvalue weighted by molar-refractivity contribution is 0.618. The van der Waals surface area contributed by atoms with Crippen molar-refractivity contribution in [2.75, 3.05) is 0 Å². The van der Waals surface area contributed by atoms with E-state index in [9.17, 15) is 0 Å². The number of nitrogens with zero attached hydrogens (tertiary/aromatic N) is 4. The van der Waals surface area contributed by atoms with Crippen molar-refractivity contribution >= 4 is 11.1 Å². The van der Waals surface area contributed by atoms with Gasteiger partial charge >= 0.3 is 0 Å². The molecule has 0 saturated carbocycles. The third-order valence-electron chi connectivity index (χ3n) is 8.17. The van der Waals surface area contributed by atoms with Crippen molar-refractivity contribution in [3.8, 4) is 56.7 Å². The van der Waals surface area contributed by atoms with E-state index in [1.807, 2.05) is 84.9 Å². The van der Waals surface area contributed by atoms with Crippen LogP contribution in [0, 0.1) is 0 Å². The average Bonchev–Trinajstić information content (AvgIpc) is 3.58. The second kappa shape index (κ2) is 9.32. The Morgan fingerprint density at radius 1 is 0.476 bits per heavy atom. The minimum absolute atomic E-state index is 0.236. The monoisotopic (exact) mass is 542 g/mol. The Hall–Kier alpha value is -5.42. The van der Waals surface area contributed by atoms with Crippen LogP contribution in [0.4, 0.5) is 0 Å². The van der Waals surface area contributed by atoms with E-state index in [1.165, 1.54) is 22.3 Å². The van der Waals surface area contributed by atoms with Crippen molar-refractivity contribution in [3.05, 3.63) is 132 Å². The molecule has 0 atom stereocenters. The Morgan fingerprint density at radius 3 is 1.57 bits per heavy atom. The first-order valence-corrected chi connectivity index (χ1v) is 14.1. The van der Waals surface area contributed by atoms with Gasteiger partial charge in [0.15, 0.2) is 23.1 Å². The quantitative estimate of drug-likeness (QED) is 0.222. The van der Waals surface area contributed by atoms with E-state index in [0.29, 0.717) is 23.4 Å². The summed E-state index contributed by atoms with van der Waals surface area (Å²) in [5.74, 6) is 2.61. The summed E-state index contributed by atoms with van der Waals surface area (Å²) in [5, 5.41) is 0. The van der Waals surface area contributed by atoms with Crippen LogP contribution < -0.4 is 0 Å². The first-order chi connectivity index (χ1) is 20.5. The highest BCUT2D eigenvalue weighted by atomic mass is 16.3. The molecule has 0 aliphatic heterocycles. The third kappa shape index (κ3) is 3.93. The molecule has 200 valence electrons. The van der Waals surface area contributed by atoms with Gasteiger partial charge in [0.1, 0.15) is 5.52 Å². The van der Waals surface area contributed by atoms with E-state index >= 15 is 0 Å². The Morgan fingerprint density at radius 2 is 0.976 bits per heavy atom. The van der Waals surface area contributed by atoms with Crippen LogP contribution in [0.25, 0.3) is 67.8 Å². The molecule has 5 heteroatoms. The lowest BCUT2D eigenvalue weighted by Crippen LogP contribution is -2.15. The minimum Gasteiger partial charge on any atom is -0.436 e. The molecular weight excluding hydrogens is 516 g/mol. The standard InChI is InChI=1S/C37H26N4O/c1-37(2)29-21-25(35-40-33(23-11-5-3-6-12-23)39-34(41-35)24-13-7-4-8-14-24)17-19-27(29)28-20-18-26(22-30(28)37)36-38-31-15-9-10-16-32(31)42-36/h3-22H,1-2H3. The van der Waals surface area contributed by atoms with Gasteiger partial charge in [0.05, 0.1) is 0 Å². The van der Waals surface area contributed by atoms with Gasteiger partial charge in [0.2, 0.25) is 5.89 Å². The molecule has 5 nitrogen and oxygen atoms in total. The number of rotatable bonds is 4. The average molecular weight is 543 g/mol. The summed E-state index contributed by atoms with van der Waals surface area (Å²) in [7, 11) is 0. The SMILES string of the molecule is CC1(C)c2cc(-c3nc(-c4ccccc4)nc(-c4ccccc4)n3)ccc2-c2ccc(-c3nc4ccccc4o3)cc21. The third-order valence-corrected chi connectivity index (χ3v) is 8.17. The van der Waals surface area contributed by atoms with Crippen molar-refractivity contribution in [2.45, 2.75) is 19.3 Å². The zero-order chi connectivity index (χ0) is 28.3. The molecule has 0 unspecified atom stereocenters. The molecule has 42 heavy (non-hydrogen) atoms. The van der Waals surface area contributed by atoms with Crippen LogP contribution in [0.2, 0.25) is 0 Å². The van der Waals surface area contributed by atoms with E-state index in [4.69, 9.17) is 24.4 Å². The highest BCUT2D eigenvalue weighted by molar-refractivity contribution is 5.85. The number of hydrogen-bond donors (Lipinski definition) is 0. The van der Waals surface area contributed by atoms with Gasteiger partial charge in [-0.1, -0.05) is 105 Å². The van der Waals surface area contributed by atoms with Gasteiger partial charge in [-0.2, -0.15) is 0 Å². The van der Waals surface area contributed by atoms with E-state index in [1.54, 1.807) is 0 Å². The summed E-state index contributed by atoms with van der Waals surface area (Å²) in [6, 6.07) is 41.1. The Kier molecular flexibility index (Phi) is 5.41. The Bertz CT molecular complexity index is 2020. The van der Waals surface area contributed by atoms with E-state index in [0.717, 1.165) is 33.4 Å². The lowest BCUT2D eigenvalue weighted by atomic mass is 9.81. The molecule has 5 aromatic carbocycles. The van der Waals surface area contributed by atoms with Gasteiger partial charge in [-0.05, 0) is 52.6 Å². The normalized spacial score (nSPS) is 13.2. The molecule has 0 fully saturated rings. The first kappa shape index (κ1) is 24.4. The smallest absolute Gasteiger partial charge is 0.227 e. The maximum absolute atomic E-state index is 6.10. The first-order valence-electron chi connectivity index (χ1n) is 14.1. The summed E-state index contributed by atoms with van der Waals surface area (Å²) in [6.07, 6.45) is 0. The Balaban J connectivity index is 1.23. The Labute approximate surface area is 243 Å². The van der Waals surface area contributed by atoms with Gasteiger partial charge in [-0.3, -0.25) is 0 Å². The summed E-state index contributed by atoms with van der Waals surface area (Å²) in [6.45, 7) is 4.55. The largest absolute Gasteiger partial charge is 0.436 e. The van der Waals surface area contributed by atoms with Gasteiger partial charge in [0, 0.05) is 27.7 Å². The fourth-order valence-corrected chi connectivity index (χ4v) is 5.94. The minimum atomic E-state index is -0.236. The lowest BCUT2D eigenvalue weighted by Gasteiger charge is -2.22. The van der Waals surface area contributed by atoms with Crippen LogP contribution in [-0.4, -0.2) is 19.9 Å². The van der Waals surface area contributed by atoms with Crippen LogP contribution in [0.1, 0.15) is 25.0 Å². The molecule has 7 aromatic rings. The number of oxazole rings is 1. The predicted octanol–water partition coefficient (Wildman–Crippen LogP) is 8.99. The van der Waals surface area contributed by atoms with Crippen molar-refractivity contribution < 1.29 is 4.42 Å². The molecule has 2 heterocycles. The molecule has 0 saturated heterocycles. The van der Waals surface area contributed by atoms with Crippen LogP contribution >= 0.6 is 0 Å². The van der Waals surface area contributed by atoms with Crippen LogP contribution in [0.3, 0.4) is 0 Å². The van der Waals surface area contributed by atoms with Crippen molar-refractivity contribution in [3.63, 3.8) is 0 Å². The van der Waals surface area contributed by atoms with Crippen LogP contribution in [0.5, 0.6) is 0 Å². The number of hydrogen-bond acceptors (Lipinski definition) is 5. The summed E-state index contributed by atoms with van der Waals surface area (Å²) in [4.78, 5) is 19.5. The topological polar surface area (TPSA) is 64.7 Å². The fraction of sp³-hybridized carbons (Fsp3) is 0.0811. The zero-order valence-corrected chi connectivity index (χ0v) is 23.2. The molecule has 2 aromatic heterocycles. The molecule has 0 radical (unpaired) electrons. The number of para-hydroxylation sites is 2. The highest BCUT2D eigenvalue weighted by Gasteiger charge is 2.36. The van der Waals surface area contributed by atoms with Crippen molar-refractivity contribution in [2.24, 2.45) is 0 Å². The molecule has 0 spiro atoms. The van der Waals surface area contributed by atoms with Crippen molar-refractivity contribution in [1.82, 2.24) is 19.9 Å². The fourth-order valence-electron chi connectivity index (χ4n) is 5.94. The van der Waals surface area contributed by atoms with Gasteiger partial charge in [-0.25, -0.2) is 19.9 Å². The molecular formula is C37H26N4O. The number of fused-ring (bicyclic) bond motifs is 4. The zero-order valence-electron chi connectivity index (χ0n) is 23.2. The molecule has 0 bridgehead atoms. The van der Waals surface area contributed by atoms with Gasteiger partial charge in [0.25, 0.3) is 0 Å². The second-order valence-corrected chi connectivity index (χ2v) is 11.2. The molecule has 1 aliphatic carbocycles. The maximum atomic E-state index is 6.10. The highest BCUT2D eigenvalue weighted by Crippen LogP contribution is 2.50. The second-order valence-electron chi connectivity index (χ2n) is 11.2. The van der Waals surface area contributed by atoms with Gasteiger partial charge < -0.3 is 4.42 Å². The van der Waals surface area contributed by atoms with E-state index in [-0.39, 0.29) is 5.41 Å². The maximum Gasteiger partial charge on any atom is 0.227 e. The molecule has 0 amide bonds.